The maximum atomic E-state index is 11.9. The Kier molecular flexibility index (Phi) is 4.30. The third-order valence-electron chi connectivity index (χ3n) is 2.84. The van der Waals surface area contributed by atoms with Gasteiger partial charge in [0.1, 0.15) is 0 Å². The molecule has 0 aliphatic carbocycles. The van der Waals surface area contributed by atoms with E-state index in [0.29, 0.717) is 19.5 Å². The number of aromatic nitrogens is 2. The molecule has 0 saturated carbocycles. The fourth-order valence-corrected chi connectivity index (χ4v) is 1.84. The fourth-order valence-electron chi connectivity index (χ4n) is 1.84. The van der Waals surface area contributed by atoms with Crippen LogP contribution in [0, 0.1) is 6.92 Å². The highest BCUT2D eigenvalue weighted by Crippen LogP contribution is 2.14. The number of hydrogen-bond donors (Lipinski definition) is 2. The maximum Gasteiger partial charge on any atom is 0.226 e. The van der Waals surface area contributed by atoms with E-state index in [0.717, 1.165) is 16.8 Å². The van der Waals surface area contributed by atoms with Gasteiger partial charge in [-0.2, -0.15) is 5.10 Å². The monoisotopic (exact) mass is 258 g/mol. The first-order valence-electron chi connectivity index (χ1n) is 6.26. The second-order valence-corrected chi connectivity index (χ2v) is 4.44. The van der Waals surface area contributed by atoms with E-state index in [-0.39, 0.29) is 5.91 Å². The summed E-state index contributed by atoms with van der Waals surface area (Å²) in [6.07, 6.45) is 4.09. The fraction of sp³-hybridized carbons (Fsp3) is 0.286. The van der Waals surface area contributed by atoms with Crippen molar-refractivity contribution in [1.29, 1.82) is 0 Å². The zero-order chi connectivity index (χ0) is 13.7. The van der Waals surface area contributed by atoms with Gasteiger partial charge in [-0.05, 0) is 24.1 Å². The summed E-state index contributed by atoms with van der Waals surface area (Å²) in [6, 6.07) is 7.56. The Morgan fingerprint density at radius 1 is 1.42 bits per heavy atom. The summed E-state index contributed by atoms with van der Waals surface area (Å²) in [6.45, 7) is 2.96. The average Bonchev–Trinajstić information content (AvgIpc) is 2.83. The Bertz CT molecular complexity index is 562. The largest absolute Gasteiger partial charge is 0.326 e. The first-order chi connectivity index (χ1) is 9.19. The molecule has 100 valence electrons. The summed E-state index contributed by atoms with van der Waals surface area (Å²) >= 11 is 0. The van der Waals surface area contributed by atoms with Crippen molar-refractivity contribution in [2.45, 2.75) is 26.4 Å². The lowest BCUT2D eigenvalue weighted by Crippen LogP contribution is -2.16. The molecule has 0 aliphatic heterocycles. The van der Waals surface area contributed by atoms with Crippen LogP contribution in [0.3, 0.4) is 0 Å². The first kappa shape index (κ1) is 13.3. The van der Waals surface area contributed by atoms with E-state index in [1.54, 1.807) is 10.9 Å². The highest BCUT2D eigenvalue weighted by atomic mass is 16.1. The van der Waals surface area contributed by atoms with Crippen molar-refractivity contribution in [1.82, 2.24) is 9.78 Å². The minimum Gasteiger partial charge on any atom is -0.326 e. The Morgan fingerprint density at radius 3 is 2.89 bits per heavy atom. The van der Waals surface area contributed by atoms with Crippen molar-refractivity contribution in [2.75, 3.05) is 5.32 Å². The predicted molar refractivity (Wildman–Crippen MR) is 74.5 cm³/mol. The Hall–Kier alpha value is -2.14. The van der Waals surface area contributed by atoms with Crippen LogP contribution in [0.15, 0.2) is 36.7 Å². The highest BCUT2D eigenvalue weighted by molar-refractivity contribution is 5.91. The Labute approximate surface area is 112 Å². The van der Waals surface area contributed by atoms with Crippen LogP contribution in [0.5, 0.6) is 0 Å². The molecule has 0 fully saturated rings. The van der Waals surface area contributed by atoms with Crippen LogP contribution in [-0.2, 0) is 17.9 Å². The second-order valence-electron chi connectivity index (χ2n) is 4.44. The average molecular weight is 258 g/mol. The smallest absolute Gasteiger partial charge is 0.226 e. The summed E-state index contributed by atoms with van der Waals surface area (Å²) in [5.74, 6) is -0.0333. The van der Waals surface area contributed by atoms with Crippen LogP contribution in [-0.4, -0.2) is 15.7 Å². The Morgan fingerprint density at radius 2 is 2.21 bits per heavy atom. The molecule has 2 rings (SSSR count). The van der Waals surface area contributed by atoms with Crippen molar-refractivity contribution in [3.05, 3.63) is 47.8 Å². The molecule has 1 heterocycles. The third kappa shape index (κ3) is 3.66. The molecule has 3 N–H and O–H groups in total. The predicted octanol–water partition coefficient (Wildman–Crippen LogP) is 1.68. The molecule has 5 heteroatoms. The van der Waals surface area contributed by atoms with Gasteiger partial charge in [0.05, 0.1) is 6.20 Å². The van der Waals surface area contributed by atoms with Gasteiger partial charge in [-0.25, -0.2) is 0 Å². The van der Waals surface area contributed by atoms with E-state index < -0.39 is 0 Å². The number of carbonyl (C=O) groups excluding carboxylic acids is 1. The molecule has 0 spiro atoms. The van der Waals surface area contributed by atoms with Crippen molar-refractivity contribution in [3.63, 3.8) is 0 Å². The van der Waals surface area contributed by atoms with Gasteiger partial charge in [0.25, 0.3) is 0 Å². The third-order valence-corrected chi connectivity index (χ3v) is 2.84. The number of rotatable bonds is 5. The van der Waals surface area contributed by atoms with Gasteiger partial charge in [0.2, 0.25) is 5.91 Å². The molecule has 5 nitrogen and oxygen atoms in total. The SMILES string of the molecule is Cc1cnn(CCC(=O)Nc2ccccc2CN)c1. The van der Waals surface area contributed by atoms with Gasteiger partial charge >= 0.3 is 0 Å². The summed E-state index contributed by atoms with van der Waals surface area (Å²) in [5, 5.41) is 7.02. The van der Waals surface area contributed by atoms with Crippen molar-refractivity contribution < 1.29 is 4.79 Å². The van der Waals surface area contributed by atoms with Crippen molar-refractivity contribution in [3.8, 4) is 0 Å². The molecule has 1 aromatic heterocycles. The van der Waals surface area contributed by atoms with Gasteiger partial charge < -0.3 is 11.1 Å². The molecule has 0 bridgehead atoms. The molecule has 0 atom stereocenters. The normalized spacial score (nSPS) is 10.4. The van der Waals surface area contributed by atoms with Crippen LogP contribution in [0.25, 0.3) is 0 Å². The summed E-state index contributed by atoms with van der Waals surface area (Å²) in [5.41, 5.74) is 8.44. The number of amides is 1. The van der Waals surface area contributed by atoms with E-state index in [1.165, 1.54) is 0 Å². The van der Waals surface area contributed by atoms with E-state index >= 15 is 0 Å². The van der Waals surface area contributed by atoms with E-state index in [1.807, 2.05) is 37.4 Å². The van der Waals surface area contributed by atoms with Gasteiger partial charge in [-0.3, -0.25) is 9.48 Å². The number of hydrogen-bond acceptors (Lipinski definition) is 3. The van der Waals surface area contributed by atoms with E-state index in [2.05, 4.69) is 10.4 Å². The minimum absolute atomic E-state index is 0.0333. The summed E-state index contributed by atoms with van der Waals surface area (Å²) in [4.78, 5) is 11.9. The number of carbonyl (C=O) groups is 1. The lowest BCUT2D eigenvalue weighted by molar-refractivity contribution is -0.116. The number of benzene rings is 1. The highest BCUT2D eigenvalue weighted by Gasteiger charge is 2.06. The lowest BCUT2D eigenvalue weighted by Gasteiger charge is -2.09. The van der Waals surface area contributed by atoms with Crippen LogP contribution in [0.4, 0.5) is 5.69 Å². The summed E-state index contributed by atoms with van der Waals surface area (Å²) in [7, 11) is 0. The number of nitrogens with zero attached hydrogens (tertiary/aromatic N) is 2. The second kappa shape index (κ2) is 6.15. The van der Waals surface area contributed by atoms with Crippen LogP contribution >= 0.6 is 0 Å². The first-order valence-corrected chi connectivity index (χ1v) is 6.26. The van der Waals surface area contributed by atoms with Crippen LogP contribution in [0.1, 0.15) is 17.5 Å². The maximum absolute atomic E-state index is 11.9. The molecule has 0 saturated heterocycles. The molecule has 2 aromatic rings. The van der Waals surface area contributed by atoms with Crippen molar-refractivity contribution >= 4 is 11.6 Å². The van der Waals surface area contributed by atoms with Crippen molar-refractivity contribution in [2.24, 2.45) is 5.73 Å². The van der Waals surface area contributed by atoms with E-state index in [9.17, 15) is 4.79 Å². The van der Waals surface area contributed by atoms with Crippen LogP contribution in [0.2, 0.25) is 0 Å². The standard InChI is InChI=1S/C14H18N4O/c1-11-9-16-18(10-11)7-6-14(19)17-13-5-3-2-4-12(13)8-15/h2-5,9-10H,6-8,15H2,1H3,(H,17,19). The van der Waals surface area contributed by atoms with Crippen LogP contribution < -0.4 is 11.1 Å². The number of nitrogens with one attached hydrogen (secondary N) is 1. The minimum atomic E-state index is -0.0333. The molecule has 0 aliphatic rings. The number of aryl methyl sites for hydroxylation is 2. The molecule has 0 unspecified atom stereocenters. The van der Waals surface area contributed by atoms with Gasteiger partial charge in [-0.15, -0.1) is 0 Å². The molecule has 1 amide bonds. The molecule has 19 heavy (non-hydrogen) atoms. The molecule has 0 radical (unpaired) electrons. The zero-order valence-corrected chi connectivity index (χ0v) is 11.0. The number of nitrogens with two attached hydrogens (primary N) is 1. The van der Waals surface area contributed by atoms with Gasteiger partial charge in [-0.1, -0.05) is 18.2 Å². The number of anilines is 1. The molecular formula is C14H18N4O. The molecular weight excluding hydrogens is 240 g/mol. The number of para-hydroxylation sites is 1. The Balaban J connectivity index is 1.90. The zero-order valence-electron chi connectivity index (χ0n) is 11.0. The molecule has 1 aromatic carbocycles. The topological polar surface area (TPSA) is 72.9 Å². The van der Waals surface area contributed by atoms with Gasteiger partial charge in [0, 0.05) is 31.4 Å². The van der Waals surface area contributed by atoms with E-state index in [4.69, 9.17) is 5.73 Å². The quantitative estimate of drug-likeness (QED) is 0.857. The summed E-state index contributed by atoms with van der Waals surface area (Å²) < 4.78 is 1.77. The lowest BCUT2D eigenvalue weighted by atomic mass is 10.2. The van der Waals surface area contributed by atoms with Gasteiger partial charge in [0.15, 0.2) is 0 Å².